The molecule has 1 heterocycles. The van der Waals surface area contributed by atoms with Gasteiger partial charge in [-0.3, -0.25) is 4.72 Å². The van der Waals surface area contributed by atoms with Crippen LogP contribution in [0.1, 0.15) is 5.76 Å². The van der Waals surface area contributed by atoms with Crippen LogP contribution >= 0.6 is 50.7 Å². The molecule has 0 spiro atoms. The highest BCUT2D eigenvalue weighted by atomic mass is 79.9. The average molecular weight is 435 g/mol. The lowest BCUT2D eigenvalue weighted by Gasteiger charge is -2.10. The lowest BCUT2D eigenvalue weighted by atomic mass is 10.3. The SMILES string of the molecule is NCc1cc(S(=O)(=O)Nc2c(Cl)cc(Cl)cc2Cl)c(Br)o1. The summed E-state index contributed by atoms with van der Waals surface area (Å²) in [5.74, 6) is 0.315. The van der Waals surface area contributed by atoms with Gasteiger partial charge in [0.1, 0.15) is 10.7 Å². The van der Waals surface area contributed by atoms with Gasteiger partial charge < -0.3 is 10.2 Å². The summed E-state index contributed by atoms with van der Waals surface area (Å²) >= 11 is 20.7. The maximum Gasteiger partial charge on any atom is 0.266 e. The normalized spacial score (nSPS) is 11.7. The number of hydrogen-bond acceptors (Lipinski definition) is 4. The van der Waals surface area contributed by atoms with E-state index in [9.17, 15) is 8.42 Å². The van der Waals surface area contributed by atoms with Crippen LogP contribution in [0, 0.1) is 0 Å². The minimum Gasteiger partial charge on any atom is -0.452 e. The number of rotatable bonds is 4. The Morgan fingerprint density at radius 2 is 1.76 bits per heavy atom. The molecule has 114 valence electrons. The third-order valence-corrected chi connectivity index (χ3v) is 5.46. The van der Waals surface area contributed by atoms with Gasteiger partial charge in [0.25, 0.3) is 10.0 Å². The van der Waals surface area contributed by atoms with E-state index in [2.05, 4.69) is 20.7 Å². The minimum absolute atomic E-state index is 0.0325. The van der Waals surface area contributed by atoms with Crippen molar-refractivity contribution in [2.45, 2.75) is 11.4 Å². The van der Waals surface area contributed by atoms with Gasteiger partial charge in [0.2, 0.25) is 0 Å². The molecule has 10 heteroatoms. The molecule has 2 aromatic rings. The largest absolute Gasteiger partial charge is 0.452 e. The molecule has 0 radical (unpaired) electrons. The Morgan fingerprint density at radius 1 is 1.19 bits per heavy atom. The van der Waals surface area contributed by atoms with Crippen molar-refractivity contribution in [3.8, 4) is 0 Å². The topological polar surface area (TPSA) is 85.3 Å². The predicted molar refractivity (Wildman–Crippen MR) is 86.6 cm³/mol. The number of furan rings is 1. The van der Waals surface area contributed by atoms with Crippen molar-refractivity contribution in [2.24, 2.45) is 5.73 Å². The van der Waals surface area contributed by atoms with Crippen LogP contribution in [-0.2, 0) is 16.6 Å². The Balaban J connectivity index is 2.44. The molecule has 1 aromatic carbocycles. The first-order valence-electron chi connectivity index (χ1n) is 5.40. The monoisotopic (exact) mass is 432 g/mol. The number of anilines is 1. The van der Waals surface area contributed by atoms with Crippen molar-refractivity contribution in [3.63, 3.8) is 0 Å². The van der Waals surface area contributed by atoms with E-state index < -0.39 is 10.0 Å². The predicted octanol–water partition coefficient (Wildman–Crippen LogP) is 4.26. The molecule has 0 fully saturated rings. The van der Waals surface area contributed by atoms with Gasteiger partial charge in [-0.05, 0) is 28.1 Å². The summed E-state index contributed by atoms with van der Waals surface area (Å²) in [5, 5.41) is 0.451. The number of benzene rings is 1. The third kappa shape index (κ3) is 3.67. The standard InChI is InChI=1S/C11H8BrCl3N2O3S/c12-11-9(3-6(4-16)20-11)21(18,19)17-10-7(14)1-5(13)2-8(10)15/h1-3,17H,4,16H2. The van der Waals surface area contributed by atoms with E-state index in [1.54, 1.807) is 0 Å². The highest BCUT2D eigenvalue weighted by molar-refractivity contribution is 9.10. The fraction of sp³-hybridized carbons (Fsp3) is 0.0909. The molecule has 0 aliphatic rings. The van der Waals surface area contributed by atoms with Crippen LogP contribution < -0.4 is 10.5 Å². The zero-order chi connectivity index (χ0) is 15.8. The molecular weight excluding hydrogens is 426 g/mol. The maximum atomic E-state index is 12.3. The molecule has 0 bridgehead atoms. The molecule has 0 unspecified atom stereocenters. The van der Waals surface area contributed by atoms with Gasteiger partial charge >= 0.3 is 0 Å². The highest BCUT2D eigenvalue weighted by Crippen LogP contribution is 2.36. The molecule has 5 nitrogen and oxygen atoms in total. The molecule has 21 heavy (non-hydrogen) atoms. The van der Waals surface area contributed by atoms with Gasteiger partial charge in [0.15, 0.2) is 4.67 Å². The van der Waals surface area contributed by atoms with Crippen LogP contribution in [0.4, 0.5) is 5.69 Å². The van der Waals surface area contributed by atoms with E-state index in [-0.39, 0.29) is 31.8 Å². The summed E-state index contributed by atoms with van der Waals surface area (Å²) in [6.07, 6.45) is 0. The molecule has 0 aliphatic carbocycles. The highest BCUT2D eigenvalue weighted by Gasteiger charge is 2.24. The van der Waals surface area contributed by atoms with E-state index in [1.165, 1.54) is 18.2 Å². The number of nitrogens with one attached hydrogen (secondary N) is 1. The lowest BCUT2D eigenvalue weighted by molar-refractivity contribution is 0.484. The van der Waals surface area contributed by atoms with Gasteiger partial charge in [0.05, 0.1) is 22.3 Å². The molecule has 0 saturated carbocycles. The summed E-state index contributed by atoms with van der Waals surface area (Å²) in [6.45, 7) is 0.0660. The van der Waals surface area contributed by atoms with E-state index in [0.29, 0.717) is 10.8 Å². The second-order valence-electron chi connectivity index (χ2n) is 3.90. The number of hydrogen-bond donors (Lipinski definition) is 2. The number of sulfonamides is 1. The fourth-order valence-electron chi connectivity index (χ4n) is 1.51. The van der Waals surface area contributed by atoms with Crippen molar-refractivity contribution >= 4 is 66.4 Å². The molecule has 1 aromatic heterocycles. The second kappa shape index (κ2) is 6.36. The number of nitrogens with two attached hydrogens (primary N) is 1. The first-order valence-corrected chi connectivity index (χ1v) is 8.81. The van der Waals surface area contributed by atoms with Gasteiger partial charge in [-0.1, -0.05) is 34.8 Å². The summed E-state index contributed by atoms with van der Waals surface area (Å²) < 4.78 is 32.2. The van der Waals surface area contributed by atoms with Gasteiger partial charge in [-0.25, -0.2) is 8.42 Å². The molecular formula is C11H8BrCl3N2O3S. The summed E-state index contributed by atoms with van der Waals surface area (Å²) in [7, 11) is -3.95. The Kier molecular flexibility index (Phi) is 5.12. The van der Waals surface area contributed by atoms with Crippen LogP contribution in [0.3, 0.4) is 0 Å². The molecule has 0 atom stereocenters. The van der Waals surface area contributed by atoms with Crippen LogP contribution in [0.25, 0.3) is 0 Å². The Bertz CT molecular complexity index is 769. The molecule has 3 N–H and O–H groups in total. The number of halogens is 4. The fourth-order valence-corrected chi connectivity index (χ4v) is 4.63. The average Bonchev–Trinajstić information content (AvgIpc) is 2.76. The quantitative estimate of drug-likeness (QED) is 0.753. The van der Waals surface area contributed by atoms with E-state index in [0.717, 1.165) is 0 Å². The van der Waals surface area contributed by atoms with Crippen molar-refractivity contribution in [1.29, 1.82) is 0 Å². The van der Waals surface area contributed by atoms with E-state index in [1.807, 2.05) is 0 Å². The summed E-state index contributed by atoms with van der Waals surface area (Å²) in [5.41, 5.74) is 5.44. The Labute approximate surface area is 144 Å². The van der Waals surface area contributed by atoms with Crippen LogP contribution in [0.5, 0.6) is 0 Å². The van der Waals surface area contributed by atoms with Crippen molar-refractivity contribution < 1.29 is 12.8 Å². The van der Waals surface area contributed by atoms with E-state index >= 15 is 0 Å². The van der Waals surface area contributed by atoms with Crippen LogP contribution in [-0.4, -0.2) is 8.42 Å². The maximum absolute atomic E-state index is 12.3. The van der Waals surface area contributed by atoms with Gasteiger partial charge in [0, 0.05) is 11.1 Å². The van der Waals surface area contributed by atoms with Gasteiger partial charge in [-0.15, -0.1) is 0 Å². The van der Waals surface area contributed by atoms with Crippen molar-refractivity contribution in [2.75, 3.05) is 4.72 Å². The summed E-state index contributed by atoms with van der Waals surface area (Å²) in [6, 6.07) is 4.06. The summed E-state index contributed by atoms with van der Waals surface area (Å²) in [4.78, 5) is -0.106. The first kappa shape index (κ1) is 16.9. The van der Waals surface area contributed by atoms with Crippen molar-refractivity contribution in [3.05, 3.63) is 43.7 Å². The van der Waals surface area contributed by atoms with E-state index in [4.69, 9.17) is 45.0 Å². The van der Waals surface area contributed by atoms with Gasteiger partial charge in [-0.2, -0.15) is 0 Å². The molecule has 0 amide bonds. The zero-order valence-electron chi connectivity index (χ0n) is 10.2. The molecule has 0 aliphatic heterocycles. The van der Waals surface area contributed by atoms with Crippen LogP contribution in [0.15, 0.2) is 32.2 Å². The molecule has 2 rings (SSSR count). The zero-order valence-corrected chi connectivity index (χ0v) is 14.8. The smallest absolute Gasteiger partial charge is 0.266 e. The first-order chi connectivity index (χ1) is 9.74. The second-order valence-corrected chi connectivity index (χ2v) is 7.53. The Morgan fingerprint density at radius 3 is 2.24 bits per heavy atom. The van der Waals surface area contributed by atoms with Crippen molar-refractivity contribution in [1.82, 2.24) is 0 Å². The Hall–Kier alpha value is -0.440. The molecule has 0 saturated heterocycles. The lowest BCUT2D eigenvalue weighted by Crippen LogP contribution is -2.13. The minimum atomic E-state index is -3.95. The van der Waals surface area contributed by atoms with Crippen LogP contribution in [0.2, 0.25) is 15.1 Å². The third-order valence-electron chi connectivity index (χ3n) is 2.44.